The van der Waals surface area contributed by atoms with Gasteiger partial charge in [-0.05, 0) is 18.6 Å². The number of nitrogens with zero attached hydrogens (tertiary/aromatic N) is 3. The topological polar surface area (TPSA) is 108 Å². The van der Waals surface area contributed by atoms with Crippen LogP contribution in [0.4, 0.5) is 10.5 Å². The van der Waals surface area contributed by atoms with Crippen LogP contribution in [-0.4, -0.2) is 63.5 Å². The Morgan fingerprint density at radius 3 is 2.91 bits per heavy atom. The van der Waals surface area contributed by atoms with E-state index in [4.69, 9.17) is 4.74 Å². The monoisotopic (exact) mass is 318 g/mol. The second kappa shape index (κ2) is 6.35. The number of aromatic nitrogens is 2. The summed E-state index contributed by atoms with van der Waals surface area (Å²) in [7, 11) is 1.52. The smallest absolute Gasteiger partial charge is 0.321 e. The highest BCUT2D eigenvalue weighted by Crippen LogP contribution is 2.23. The van der Waals surface area contributed by atoms with Crippen molar-refractivity contribution in [1.29, 1.82) is 0 Å². The number of ether oxygens (including phenoxy) is 1. The third-order valence-corrected chi connectivity index (χ3v) is 3.84. The van der Waals surface area contributed by atoms with Crippen LogP contribution in [0.25, 0.3) is 11.0 Å². The van der Waals surface area contributed by atoms with Crippen molar-refractivity contribution < 1.29 is 19.7 Å². The molecule has 8 heteroatoms. The van der Waals surface area contributed by atoms with Crippen LogP contribution in [0.1, 0.15) is 6.42 Å². The van der Waals surface area contributed by atoms with Gasteiger partial charge in [0.1, 0.15) is 5.52 Å². The lowest BCUT2D eigenvalue weighted by Gasteiger charge is -2.33. The van der Waals surface area contributed by atoms with Crippen molar-refractivity contribution in [1.82, 2.24) is 14.9 Å². The minimum Gasteiger partial charge on any atom is -0.481 e. The molecule has 1 saturated heterocycles. The van der Waals surface area contributed by atoms with E-state index in [1.807, 2.05) is 0 Å². The number of pyridine rings is 2. The number of rotatable bonds is 2. The van der Waals surface area contributed by atoms with Gasteiger partial charge in [-0.2, -0.15) is 0 Å². The van der Waals surface area contributed by atoms with Crippen molar-refractivity contribution in [3.8, 4) is 5.88 Å². The van der Waals surface area contributed by atoms with Gasteiger partial charge in [0, 0.05) is 18.8 Å². The summed E-state index contributed by atoms with van der Waals surface area (Å²) in [6, 6.07) is 4.76. The number of likely N-dealkylation sites (tertiary alicyclic amines) is 1. The number of carbonyl (C=O) groups is 1. The van der Waals surface area contributed by atoms with Gasteiger partial charge >= 0.3 is 6.03 Å². The summed E-state index contributed by atoms with van der Waals surface area (Å²) >= 11 is 0. The van der Waals surface area contributed by atoms with Gasteiger partial charge in [0.2, 0.25) is 5.88 Å². The Bertz CT molecular complexity index is 724. The molecule has 0 aromatic carbocycles. The van der Waals surface area contributed by atoms with E-state index in [2.05, 4.69) is 15.3 Å². The maximum atomic E-state index is 12.4. The fourth-order valence-electron chi connectivity index (χ4n) is 2.52. The summed E-state index contributed by atoms with van der Waals surface area (Å²) in [5, 5.41) is 22.0. The number of carbonyl (C=O) groups excluding carboxylic acids is 1. The number of amides is 2. The van der Waals surface area contributed by atoms with E-state index in [-0.39, 0.29) is 12.6 Å². The maximum Gasteiger partial charge on any atom is 0.321 e. The number of fused-ring (bicyclic) bond motifs is 1. The molecule has 23 heavy (non-hydrogen) atoms. The summed E-state index contributed by atoms with van der Waals surface area (Å²) in [4.78, 5) is 22.3. The Balaban J connectivity index is 1.82. The van der Waals surface area contributed by atoms with Gasteiger partial charge < -0.3 is 25.2 Å². The molecule has 122 valence electrons. The minimum atomic E-state index is -0.929. The van der Waals surface area contributed by atoms with E-state index in [1.165, 1.54) is 12.0 Å². The zero-order chi connectivity index (χ0) is 16.4. The third kappa shape index (κ3) is 3.17. The predicted molar refractivity (Wildman–Crippen MR) is 83.3 cm³/mol. The third-order valence-electron chi connectivity index (χ3n) is 3.84. The standard InChI is InChI=1S/C15H18N4O4/c1-23-13-3-2-9-14(18-13)10(4-6-16-9)17-15(22)19-7-5-11(20)12(21)8-19/h2-4,6,11-12,20-21H,5,7-8H2,1H3,(H,16,17,22). The van der Waals surface area contributed by atoms with Crippen molar-refractivity contribution >= 4 is 22.8 Å². The second-order valence-electron chi connectivity index (χ2n) is 5.38. The van der Waals surface area contributed by atoms with E-state index in [0.717, 1.165) is 0 Å². The molecular formula is C15H18N4O4. The van der Waals surface area contributed by atoms with Crippen LogP contribution in [0.5, 0.6) is 5.88 Å². The van der Waals surface area contributed by atoms with Gasteiger partial charge in [-0.25, -0.2) is 9.78 Å². The average molecular weight is 318 g/mol. The molecule has 0 bridgehead atoms. The molecule has 8 nitrogen and oxygen atoms in total. The van der Waals surface area contributed by atoms with Gasteiger partial charge in [0.25, 0.3) is 0 Å². The summed E-state index contributed by atoms with van der Waals surface area (Å²) in [6.45, 7) is 0.469. The number of nitrogens with one attached hydrogen (secondary N) is 1. The highest BCUT2D eigenvalue weighted by molar-refractivity contribution is 5.98. The molecule has 3 heterocycles. The lowest BCUT2D eigenvalue weighted by atomic mass is 10.1. The van der Waals surface area contributed by atoms with E-state index in [0.29, 0.717) is 35.6 Å². The number of aliphatic hydroxyl groups is 2. The molecule has 1 fully saturated rings. The van der Waals surface area contributed by atoms with Crippen molar-refractivity contribution in [2.24, 2.45) is 0 Å². The Hall–Kier alpha value is -2.45. The molecule has 2 atom stereocenters. The lowest BCUT2D eigenvalue weighted by molar-refractivity contribution is -0.0263. The highest BCUT2D eigenvalue weighted by Gasteiger charge is 2.28. The van der Waals surface area contributed by atoms with Gasteiger partial charge in [-0.1, -0.05) is 0 Å². The second-order valence-corrected chi connectivity index (χ2v) is 5.38. The summed E-state index contributed by atoms with van der Waals surface area (Å²) < 4.78 is 5.10. The van der Waals surface area contributed by atoms with E-state index < -0.39 is 12.2 Å². The molecule has 0 spiro atoms. The zero-order valence-corrected chi connectivity index (χ0v) is 12.6. The van der Waals surface area contributed by atoms with E-state index >= 15 is 0 Å². The molecule has 0 aliphatic carbocycles. The van der Waals surface area contributed by atoms with Crippen LogP contribution < -0.4 is 10.1 Å². The molecule has 0 radical (unpaired) electrons. The number of anilines is 1. The number of piperidine rings is 1. The summed E-state index contributed by atoms with van der Waals surface area (Å²) in [5.41, 5.74) is 1.68. The first-order chi connectivity index (χ1) is 11.1. The number of hydrogen-bond donors (Lipinski definition) is 3. The van der Waals surface area contributed by atoms with Gasteiger partial charge in [0.05, 0.1) is 37.1 Å². The summed E-state index contributed by atoms with van der Waals surface area (Å²) in [5.74, 6) is 0.428. The fourth-order valence-corrected chi connectivity index (χ4v) is 2.52. The van der Waals surface area contributed by atoms with Crippen molar-refractivity contribution in [2.75, 3.05) is 25.5 Å². The molecule has 3 N–H and O–H groups in total. The predicted octanol–water partition coefficient (Wildman–Crippen LogP) is 0.598. The van der Waals surface area contributed by atoms with Crippen LogP contribution in [0.3, 0.4) is 0 Å². The Kier molecular flexibility index (Phi) is 4.26. The largest absolute Gasteiger partial charge is 0.481 e. The maximum absolute atomic E-state index is 12.4. The van der Waals surface area contributed by atoms with Crippen LogP contribution in [0, 0.1) is 0 Å². The first kappa shape index (κ1) is 15.4. The molecular weight excluding hydrogens is 300 g/mol. The summed E-state index contributed by atoms with van der Waals surface area (Å²) in [6.07, 6.45) is 0.215. The molecule has 1 aliphatic rings. The van der Waals surface area contributed by atoms with Crippen molar-refractivity contribution in [2.45, 2.75) is 18.6 Å². The number of urea groups is 1. The molecule has 2 unspecified atom stereocenters. The lowest BCUT2D eigenvalue weighted by Crippen LogP contribution is -2.50. The average Bonchev–Trinajstić information content (AvgIpc) is 2.57. The van der Waals surface area contributed by atoms with Crippen molar-refractivity contribution in [3.05, 3.63) is 24.4 Å². The van der Waals surface area contributed by atoms with Crippen LogP contribution in [-0.2, 0) is 0 Å². The van der Waals surface area contributed by atoms with Gasteiger partial charge in [0.15, 0.2) is 0 Å². The first-order valence-electron chi connectivity index (χ1n) is 7.30. The van der Waals surface area contributed by atoms with Gasteiger partial charge in [-0.15, -0.1) is 0 Å². The van der Waals surface area contributed by atoms with E-state index in [9.17, 15) is 15.0 Å². The van der Waals surface area contributed by atoms with E-state index in [1.54, 1.807) is 24.4 Å². The number of aliphatic hydroxyl groups excluding tert-OH is 2. The minimum absolute atomic E-state index is 0.0900. The molecule has 2 amide bonds. The Morgan fingerprint density at radius 2 is 2.17 bits per heavy atom. The molecule has 1 aliphatic heterocycles. The van der Waals surface area contributed by atoms with Crippen LogP contribution >= 0.6 is 0 Å². The fraction of sp³-hybridized carbons (Fsp3) is 0.400. The SMILES string of the molecule is COc1ccc2nccc(NC(=O)N3CCC(O)C(O)C3)c2n1. The molecule has 2 aromatic rings. The number of β-amino-alcohol motifs (C(OH)–C–C–N with tert-alkyl or cyclic N) is 1. The zero-order valence-electron chi connectivity index (χ0n) is 12.6. The van der Waals surface area contributed by atoms with Crippen LogP contribution in [0.15, 0.2) is 24.4 Å². The Labute approximate surface area is 132 Å². The highest BCUT2D eigenvalue weighted by atomic mass is 16.5. The number of methoxy groups -OCH3 is 1. The first-order valence-corrected chi connectivity index (χ1v) is 7.30. The normalized spacial score (nSPS) is 21.3. The molecule has 3 rings (SSSR count). The molecule has 0 saturated carbocycles. The van der Waals surface area contributed by atoms with Crippen LogP contribution in [0.2, 0.25) is 0 Å². The quantitative estimate of drug-likeness (QED) is 0.748. The Morgan fingerprint density at radius 1 is 1.35 bits per heavy atom. The van der Waals surface area contributed by atoms with Gasteiger partial charge in [-0.3, -0.25) is 4.98 Å². The van der Waals surface area contributed by atoms with Crippen molar-refractivity contribution in [3.63, 3.8) is 0 Å². The number of hydrogen-bond acceptors (Lipinski definition) is 6. The molecule has 2 aromatic heterocycles.